The molecule has 0 aliphatic rings. The van der Waals surface area contributed by atoms with E-state index in [9.17, 15) is 0 Å². The van der Waals surface area contributed by atoms with E-state index in [1.54, 1.807) is 11.8 Å². The summed E-state index contributed by atoms with van der Waals surface area (Å²) >= 11 is 0. The van der Waals surface area contributed by atoms with Gasteiger partial charge in [-0.3, -0.25) is 0 Å². The second kappa shape index (κ2) is 6.75. The van der Waals surface area contributed by atoms with Crippen LogP contribution in [0.1, 0.15) is 25.2 Å². The van der Waals surface area contributed by atoms with Gasteiger partial charge in [-0.25, -0.2) is 4.68 Å². The van der Waals surface area contributed by atoms with Crippen molar-refractivity contribution in [3.8, 4) is 17.6 Å². The van der Waals surface area contributed by atoms with Gasteiger partial charge in [-0.1, -0.05) is 31.2 Å². The van der Waals surface area contributed by atoms with Crippen molar-refractivity contribution >= 4 is 0 Å². The van der Waals surface area contributed by atoms with Crippen LogP contribution in [0.2, 0.25) is 0 Å². The van der Waals surface area contributed by atoms with Crippen molar-refractivity contribution in [2.45, 2.75) is 27.0 Å². The van der Waals surface area contributed by atoms with E-state index in [0.29, 0.717) is 35.3 Å². The number of nitriles is 1. The van der Waals surface area contributed by atoms with E-state index >= 15 is 0 Å². The maximum Gasteiger partial charge on any atom is 0.189 e. The van der Waals surface area contributed by atoms with Crippen LogP contribution < -0.4 is 9.47 Å². The van der Waals surface area contributed by atoms with Crippen LogP contribution in [0.15, 0.2) is 24.3 Å². The highest BCUT2D eigenvalue weighted by Gasteiger charge is 2.15. The molecule has 1 aromatic heterocycles. The minimum Gasteiger partial charge on any atom is -0.493 e. The average Bonchev–Trinajstić information content (AvgIpc) is 2.86. The molecule has 6 heteroatoms. The number of aromatic nitrogens is 3. The third kappa shape index (κ3) is 3.51. The summed E-state index contributed by atoms with van der Waals surface area (Å²) in [6, 6.07) is 9.43. The number of nitrogens with zero attached hydrogens (tertiary/aromatic N) is 4. The zero-order valence-corrected chi connectivity index (χ0v) is 12.4. The molecule has 1 aromatic carbocycles. The van der Waals surface area contributed by atoms with Gasteiger partial charge in [-0.05, 0) is 18.1 Å². The van der Waals surface area contributed by atoms with Crippen molar-refractivity contribution in [2.24, 2.45) is 5.92 Å². The first kappa shape index (κ1) is 14.9. The lowest BCUT2D eigenvalue weighted by Crippen LogP contribution is -2.12. The molecule has 0 saturated carbocycles. The van der Waals surface area contributed by atoms with E-state index in [2.05, 4.69) is 24.2 Å². The number of benzene rings is 1. The van der Waals surface area contributed by atoms with Crippen LogP contribution in [0.5, 0.6) is 11.5 Å². The summed E-state index contributed by atoms with van der Waals surface area (Å²) in [7, 11) is 1.59. The molecule has 110 valence electrons. The fourth-order valence-corrected chi connectivity index (χ4v) is 1.94. The SMILES string of the molecule is COc1ccccc1OCc1c(C#N)nnn1CC(C)C. The summed E-state index contributed by atoms with van der Waals surface area (Å²) in [6.07, 6.45) is 0. The molecule has 1 heterocycles. The highest BCUT2D eigenvalue weighted by atomic mass is 16.5. The molecule has 0 bridgehead atoms. The molecule has 0 radical (unpaired) electrons. The number of methoxy groups -OCH3 is 1. The molecule has 0 unspecified atom stereocenters. The van der Waals surface area contributed by atoms with E-state index in [0.717, 1.165) is 0 Å². The number of rotatable bonds is 6. The van der Waals surface area contributed by atoms with Gasteiger partial charge in [0.05, 0.1) is 7.11 Å². The molecule has 0 atom stereocenters. The zero-order valence-electron chi connectivity index (χ0n) is 12.4. The van der Waals surface area contributed by atoms with Crippen LogP contribution in [0.3, 0.4) is 0 Å². The first-order valence-electron chi connectivity index (χ1n) is 6.74. The second-order valence-electron chi connectivity index (χ2n) is 5.01. The lowest BCUT2D eigenvalue weighted by molar-refractivity contribution is 0.270. The topological polar surface area (TPSA) is 73.0 Å². The monoisotopic (exact) mass is 286 g/mol. The molecule has 0 aliphatic heterocycles. The number of hydrogen-bond acceptors (Lipinski definition) is 5. The molecule has 21 heavy (non-hydrogen) atoms. The first-order valence-corrected chi connectivity index (χ1v) is 6.74. The van der Waals surface area contributed by atoms with Gasteiger partial charge in [0.25, 0.3) is 0 Å². The second-order valence-corrected chi connectivity index (χ2v) is 5.01. The number of hydrogen-bond donors (Lipinski definition) is 0. The molecule has 0 amide bonds. The van der Waals surface area contributed by atoms with Gasteiger partial charge >= 0.3 is 0 Å². The smallest absolute Gasteiger partial charge is 0.189 e. The Labute approximate surface area is 123 Å². The predicted molar refractivity (Wildman–Crippen MR) is 76.9 cm³/mol. The minimum atomic E-state index is 0.225. The van der Waals surface area contributed by atoms with Crippen LogP contribution in [0.4, 0.5) is 0 Å². The van der Waals surface area contributed by atoms with Crippen LogP contribution in [0.25, 0.3) is 0 Å². The normalized spacial score (nSPS) is 10.4. The molecular weight excluding hydrogens is 268 g/mol. The van der Waals surface area contributed by atoms with E-state index < -0.39 is 0 Å². The lowest BCUT2D eigenvalue weighted by Gasteiger charge is -2.12. The van der Waals surface area contributed by atoms with Crippen molar-refractivity contribution in [2.75, 3.05) is 7.11 Å². The van der Waals surface area contributed by atoms with Gasteiger partial charge in [0, 0.05) is 6.54 Å². The zero-order chi connectivity index (χ0) is 15.2. The average molecular weight is 286 g/mol. The van der Waals surface area contributed by atoms with Gasteiger partial charge in [0.2, 0.25) is 0 Å². The van der Waals surface area contributed by atoms with E-state index in [1.807, 2.05) is 30.3 Å². The highest BCUT2D eigenvalue weighted by Crippen LogP contribution is 2.26. The van der Waals surface area contributed by atoms with Gasteiger partial charge in [0.15, 0.2) is 17.2 Å². The summed E-state index contributed by atoms with van der Waals surface area (Å²) in [5.41, 5.74) is 0.975. The van der Waals surface area contributed by atoms with Gasteiger partial charge in [-0.15, -0.1) is 5.10 Å². The third-order valence-corrected chi connectivity index (χ3v) is 2.92. The predicted octanol–water partition coefficient (Wildman–Crippen LogP) is 2.39. The largest absolute Gasteiger partial charge is 0.493 e. The Hall–Kier alpha value is -2.55. The van der Waals surface area contributed by atoms with Crippen molar-refractivity contribution in [1.29, 1.82) is 5.26 Å². The Morgan fingerprint density at radius 1 is 1.29 bits per heavy atom. The summed E-state index contributed by atoms with van der Waals surface area (Å²) in [4.78, 5) is 0. The fourth-order valence-electron chi connectivity index (χ4n) is 1.94. The molecule has 2 aromatic rings. The van der Waals surface area contributed by atoms with Crippen LogP contribution in [-0.2, 0) is 13.2 Å². The third-order valence-electron chi connectivity index (χ3n) is 2.92. The van der Waals surface area contributed by atoms with E-state index in [1.165, 1.54) is 0 Å². The molecule has 2 rings (SSSR count). The number of ether oxygens (including phenoxy) is 2. The maximum atomic E-state index is 9.12. The summed E-state index contributed by atoms with van der Waals surface area (Å²) < 4.78 is 12.7. The van der Waals surface area contributed by atoms with E-state index in [4.69, 9.17) is 14.7 Å². The van der Waals surface area contributed by atoms with Gasteiger partial charge in [-0.2, -0.15) is 5.26 Å². The van der Waals surface area contributed by atoms with Crippen LogP contribution >= 0.6 is 0 Å². The Kier molecular flexibility index (Phi) is 4.77. The van der Waals surface area contributed by atoms with Crippen molar-refractivity contribution < 1.29 is 9.47 Å². The summed E-state index contributed by atoms with van der Waals surface area (Å²) in [6.45, 7) is 5.08. The van der Waals surface area contributed by atoms with Gasteiger partial charge < -0.3 is 9.47 Å². The maximum absolute atomic E-state index is 9.12. The lowest BCUT2D eigenvalue weighted by atomic mass is 10.2. The van der Waals surface area contributed by atoms with E-state index in [-0.39, 0.29) is 6.61 Å². The van der Waals surface area contributed by atoms with Crippen molar-refractivity contribution in [3.63, 3.8) is 0 Å². The molecule has 0 fully saturated rings. The molecule has 0 spiro atoms. The van der Waals surface area contributed by atoms with Crippen molar-refractivity contribution in [1.82, 2.24) is 15.0 Å². The number of para-hydroxylation sites is 2. The van der Waals surface area contributed by atoms with Crippen molar-refractivity contribution in [3.05, 3.63) is 35.7 Å². The Morgan fingerprint density at radius 3 is 2.62 bits per heavy atom. The molecule has 0 aliphatic carbocycles. The van der Waals surface area contributed by atoms with Crippen LogP contribution in [0, 0.1) is 17.2 Å². The minimum absolute atomic E-state index is 0.225. The molecule has 0 N–H and O–H groups in total. The quantitative estimate of drug-likeness (QED) is 0.815. The Balaban J connectivity index is 2.19. The van der Waals surface area contributed by atoms with Crippen LogP contribution in [-0.4, -0.2) is 22.1 Å². The van der Waals surface area contributed by atoms with Gasteiger partial charge in [0.1, 0.15) is 18.4 Å². The standard InChI is InChI=1S/C15H18N4O2/c1-11(2)9-19-13(12(8-16)17-18-19)10-21-15-7-5-4-6-14(15)20-3/h4-7,11H,9-10H2,1-3H3. The summed E-state index contributed by atoms with van der Waals surface area (Å²) in [5.74, 6) is 1.68. The highest BCUT2D eigenvalue weighted by molar-refractivity contribution is 5.39. The molecular formula is C15H18N4O2. The molecule has 6 nitrogen and oxygen atoms in total. The molecule has 0 saturated heterocycles. The first-order chi connectivity index (χ1) is 10.2. The summed E-state index contributed by atoms with van der Waals surface area (Å²) in [5, 5.41) is 17.0. The Morgan fingerprint density at radius 2 is 2.00 bits per heavy atom. The Bertz CT molecular complexity index is 643. The fraction of sp³-hybridized carbons (Fsp3) is 0.400.